The lowest BCUT2D eigenvalue weighted by atomic mass is 10.1. The maximum absolute atomic E-state index is 12.8. The number of anilines is 1. The van der Waals surface area contributed by atoms with E-state index in [1.165, 1.54) is 4.31 Å². The Morgan fingerprint density at radius 3 is 2.14 bits per heavy atom. The number of sulfonamides is 1. The third-order valence-corrected chi connectivity index (χ3v) is 6.81. The Labute approximate surface area is 172 Å². The molecular formula is C21H27N3O4S. The van der Waals surface area contributed by atoms with Gasteiger partial charge in [0.05, 0.1) is 18.6 Å². The molecule has 1 amide bonds. The number of nitrogens with one attached hydrogen (secondary N) is 1. The second kappa shape index (κ2) is 8.94. The second-order valence-electron chi connectivity index (χ2n) is 7.28. The van der Waals surface area contributed by atoms with Crippen molar-refractivity contribution >= 4 is 21.6 Å². The van der Waals surface area contributed by atoms with Crippen LogP contribution in [0, 0.1) is 13.8 Å². The Morgan fingerprint density at radius 1 is 1.00 bits per heavy atom. The number of amides is 1. The summed E-state index contributed by atoms with van der Waals surface area (Å²) in [5, 5.41) is 2.92. The maximum atomic E-state index is 12.8. The molecule has 8 heteroatoms. The van der Waals surface area contributed by atoms with Gasteiger partial charge < -0.3 is 10.1 Å². The molecule has 0 spiro atoms. The smallest absolute Gasteiger partial charge is 0.243 e. The Morgan fingerprint density at radius 2 is 1.59 bits per heavy atom. The van der Waals surface area contributed by atoms with Crippen molar-refractivity contribution in [3.8, 4) is 5.75 Å². The molecule has 1 fully saturated rings. The first-order chi connectivity index (χ1) is 13.8. The van der Waals surface area contributed by atoms with Gasteiger partial charge in [0.15, 0.2) is 0 Å². The highest BCUT2D eigenvalue weighted by molar-refractivity contribution is 7.89. The fourth-order valence-corrected chi connectivity index (χ4v) is 4.90. The number of hydrogen-bond donors (Lipinski definition) is 1. The molecule has 2 aromatic rings. The molecule has 0 bridgehead atoms. The van der Waals surface area contributed by atoms with Gasteiger partial charge >= 0.3 is 0 Å². The number of carbonyl (C=O) groups excluding carboxylic acids is 1. The number of hydrogen-bond acceptors (Lipinski definition) is 5. The number of piperazine rings is 1. The highest BCUT2D eigenvalue weighted by atomic mass is 32.2. The summed E-state index contributed by atoms with van der Waals surface area (Å²) in [5.74, 6) is 0.519. The molecule has 0 radical (unpaired) electrons. The average Bonchev–Trinajstić information content (AvgIpc) is 2.67. The molecule has 2 aromatic carbocycles. The lowest BCUT2D eigenvalue weighted by Crippen LogP contribution is -2.50. The molecule has 3 rings (SSSR count). The standard InChI is InChI=1S/C21H27N3O4S/c1-16-12-17(2)14-18(13-16)22-21(25)15-23-8-10-24(11-9-23)29(26,27)20-6-4-19(28-3)5-7-20/h4-7,12-14H,8-11,15H2,1-3H3,(H,22,25). The fourth-order valence-electron chi connectivity index (χ4n) is 3.48. The van der Waals surface area contributed by atoms with Crippen molar-refractivity contribution in [2.45, 2.75) is 18.7 Å². The van der Waals surface area contributed by atoms with E-state index in [2.05, 4.69) is 11.4 Å². The minimum atomic E-state index is -3.55. The number of rotatable bonds is 6. The van der Waals surface area contributed by atoms with Crippen molar-refractivity contribution in [3.05, 3.63) is 53.6 Å². The monoisotopic (exact) mass is 417 g/mol. The van der Waals surface area contributed by atoms with E-state index in [0.717, 1.165) is 16.8 Å². The summed E-state index contributed by atoms with van der Waals surface area (Å²) in [6.45, 7) is 5.95. The van der Waals surface area contributed by atoms with Crippen LogP contribution in [0.4, 0.5) is 5.69 Å². The van der Waals surface area contributed by atoms with E-state index < -0.39 is 10.0 Å². The molecule has 1 saturated heterocycles. The first-order valence-corrected chi connectivity index (χ1v) is 11.0. The van der Waals surface area contributed by atoms with Crippen LogP contribution < -0.4 is 10.1 Å². The highest BCUT2D eigenvalue weighted by Crippen LogP contribution is 2.21. The van der Waals surface area contributed by atoms with Gasteiger partial charge in [-0.2, -0.15) is 4.31 Å². The van der Waals surface area contributed by atoms with Crippen LogP contribution >= 0.6 is 0 Å². The molecule has 1 aliphatic heterocycles. The van der Waals surface area contributed by atoms with E-state index in [4.69, 9.17) is 4.74 Å². The summed E-state index contributed by atoms with van der Waals surface area (Å²) >= 11 is 0. The van der Waals surface area contributed by atoms with Crippen molar-refractivity contribution in [2.24, 2.45) is 0 Å². The van der Waals surface area contributed by atoms with E-state index in [1.807, 2.05) is 30.9 Å². The van der Waals surface area contributed by atoms with E-state index >= 15 is 0 Å². The molecule has 156 valence electrons. The van der Waals surface area contributed by atoms with E-state index in [0.29, 0.717) is 31.9 Å². The number of nitrogens with zero attached hydrogens (tertiary/aromatic N) is 2. The third-order valence-electron chi connectivity index (χ3n) is 4.90. The first kappa shape index (κ1) is 21.3. The zero-order valence-corrected chi connectivity index (χ0v) is 17.8. The Bertz CT molecular complexity index is 946. The minimum Gasteiger partial charge on any atom is -0.497 e. The lowest BCUT2D eigenvalue weighted by Gasteiger charge is -2.33. The van der Waals surface area contributed by atoms with E-state index in [9.17, 15) is 13.2 Å². The number of ether oxygens (including phenoxy) is 1. The highest BCUT2D eigenvalue weighted by Gasteiger charge is 2.29. The molecule has 7 nitrogen and oxygen atoms in total. The van der Waals surface area contributed by atoms with Crippen molar-refractivity contribution < 1.29 is 17.9 Å². The van der Waals surface area contributed by atoms with Crippen molar-refractivity contribution in [1.82, 2.24) is 9.21 Å². The summed E-state index contributed by atoms with van der Waals surface area (Å²) < 4.78 is 32.2. The molecule has 0 aromatic heterocycles. The van der Waals surface area contributed by atoms with Gasteiger partial charge in [-0.05, 0) is 61.4 Å². The zero-order valence-electron chi connectivity index (χ0n) is 17.0. The van der Waals surface area contributed by atoms with Gasteiger partial charge in [0, 0.05) is 31.9 Å². The molecule has 1 N–H and O–H groups in total. The number of benzene rings is 2. The Hall–Kier alpha value is -2.42. The number of aryl methyl sites for hydroxylation is 2. The molecule has 0 saturated carbocycles. The molecule has 1 aliphatic rings. The van der Waals surface area contributed by atoms with Gasteiger partial charge in [-0.15, -0.1) is 0 Å². The molecule has 29 heavy (non-hydrogen) atoms. The lowest BCUT2D eigenvalue weighted by molar-refractivity contribution is -0.117. The Balaban J connectivity index is 1.54. The van der Waals surface area contributed by atoms with Crippen LogP contribution in [0.1, 0.15) is 11.1 Å². The van der Waals surface area contributed by atoms with Gasteiger partial charge in [-0.3, -0.25) is 9.69 Å². The van der Waals surface area contributed by atoms with Crippen LogP contribution in [0.3, 0.4) is 0 Å². The summed E-state index contributed by atoms with van der Waals surface area (Å²) in [7, 11) is -2.01. The molecule has 0 aliphatic carbocycles. The van der Waals surface area contributed by atoms with E-state index in [1.54, 1.807) is 31.4 Å². The topological polar surface area (TPSA) is 79.0 Å². The van der Waals surface area contributed by atoms with Crippen LogP contribution in [0.2, 0.25) is 0 Å². The quantitative estimate of drug-likeness (QED) is 0.780. The predicted molar refractivity (Wildman–Crippen MR) is 113 cm³/mol. The van der Waals surface area contributed by atoms with Crippen LogP contribution in [0.15, 0.2) is 47.4 Å². The summed E-state index contributed by atoms with van der Waals surface area (Å²) in [4.78, 5) is 14.6. The molecule has 1 heterocycles. The van der Waals surface area contributed by atoms with Gasteiger partial charge in [0.2, 0.25) is 15.9 Å². The summed E-state index contributed by atoms with van der Waals surface area (Å²) in [6, 6.07) is 12.3. The summed E-state index contributed by atoms with van der Waals surface area (Å²) in [5.41, 5.74) is 2.98. The number of methoxy groups -OCH3 is 1. The normalized spacial score (nSPS) is 15.8. The third kappa shape index (κ3) is 5.35. The zero-order chi connectivity index (χ0) is 21.0. The van der Waals surface area contributed by atoms with Crippen molar-refractivity contribution in [3.63, 3.8) is 0 Å². The van der Waals surface area contributed by atoms with Crippen LogP contribution in [-0.2, 0) is 14.8 Å². The van der Waals surface area contributed by atoms with Crippen molar-refractivity contribution in [1.29, 1.82) is 0 Å². The number of carbonyl (C=O) groups is 1. The fraction of sp³-hybridized carbons (Fsp3) is 0.381. The first-order valence-electron chi connectivity index (χ1n) is 9.52. The van der Waals surface area contributed by atoms with E-state index in [-0.39, 0.29) is 17.3 Å². The Kier molecular flexibility index (Phi) is 6.56. The minimum absolute atomic E-state index is 0.0959. The largest absolute Gasteiger partial charge is 0.497 e. The summed E-state index contributed by atoms with van der Waals surface area (Å²) in [6.07, 6.45) is 0. The molecular weight excluding hydrogens is 390 g/mol. The van der Waals surface area contributed by atoms with Crippen LogP contribution in [0.25, 0.3) is 0 Å². The van der Waals surface area contributed by atoms with Crippen molar-refractivity contribution in [2.75, 3.05) is 45.2 Å². The SMILES string of the molecule is COc1ccc(S(=O)(=O)N2CCN(CC(=O)Nc3cc(C)cc(C)c3)CC2)cc1. The van der Waals surface area contributed by atoms with Gasteiger partial charge in [-0.1, -0.05) is 6.07 Å². The predicted octanol–water partition coefficient (Wildman–Crippen LogP) is 2.26. The van der Waals surface area contributed by atoms with Gasteiger partial charge in [0.1, 0.15) is 5.75 Å². The second-order valence-corrected chi connectivity index (χ2v) is 9.22. The molecule has 0 unspecified atom stereocenters. The van der Waals surface area contributed by atoms with Crippen LogP contribution in [-0.4, -0.2) is 63.4 Å². The molecule has 0 atom stereocenters. The van der Waals surface area contributed by atoms with Gasteiger partial charge in [0.25, 0.3) is 0 Å². The van der Waals surface area contributed by atoms with Crippen LogP contribution in [0.5, 0.6) is 5.75 Å². The average molecular weight is 418 g/mol. The maximum Gasteiger partial charge on any atom is 0.243 e. The van der Waals surface area contributed by atoms with Gasteiger partial charge in [-0.25, -0.2) is 8.42 Å².